The number of hydrogen-bond acceptors (Lipinski definition) is 8. The van der Waals surface area contributed by atoms with Gasteiger partial charge in [-0.3, -0.25) is 24.6 Å². The number of aliphatic imine (C=N–C) groups is 2. The number of ketones is 2. The van der Waals surface area contributed by atoms with Gasteiger partial charge in [0, 0.05) is 41.5 Å². The van der Waals surface area contributed by atoms with Crippen LogP contribution in [0.25, 0.3) is 0 Å². The van der Waals surface area contributed by atoms with Crippen LogP contribution in [0.1, 0.15) is 26.3 Å². The maximum atomic E-state index is 13.0. The van der Waals surface area contributed by atoms with Crippen LogP contribution in [0.2, 0.25) is 0 Å². The van der Waals surface area contributed by atoms with Crippen LogP contribution in [0.15, 0.2) is 89.4 Å². The van der Waals surface area contributed by atoms with Crippen LogP contribution in [0.5, 0.6) is 0 Å². The minimum Gasteiger partial charge on any atom is -0.289 e. The molecule has 142 valence electrons. The molecular formula is C21H16N6O2. The van der Waals surface area contributed by atoms with E-state index in [1.54, 1.807) is 48.8 Å². The molecule has 0 fully saturated rings. The van der Waals surface area contributed by atoms with Crippen molar-refractivity contribution in [1.82, 2.24) is 15.0 Å². The van der Waals surface area contributed by atoms with Crippen molar-refractivity contribution in [3.63, 3.8) is 0 Å². The van der Waals surface area contributed by atoms with Gasteiger partial charge in [0.1, 0.15) is 0 Å². The van der Waals surface area contributed by atoms with Gasteiger partial charge in [-0.15, -0.1) is 0 Å². The van der Waals surface area contributed by atoms with Crippen LogP contribution in [0.4, 0.5) is 0 Å². The highest BCUT2D eigenvalue weighted by molar-refractivity contribution is 6.47. The predicted octanol–water partition coefficient (Wildman–Crippen LogP) is 1.90. The van der Waals surface area contributed by atoms with Crippen LogP contribution < -0.4 is 5.84 Å². The molecule has 0 spiro atoms. The Morgan fingerprint density at radius 3 is 2.14 bits per heavy atom. The zero-order chi connectivity index (χ0) is 20.2. The molecular weight excluding hydrogens is 368 g/mol. The lowest BCUT2D eigenvalue weighted by Crippen LogP contribution is -2.52. The molecule has 1 aliphatic heterocycles. The number of amidine groups is 2. The summed E-state index contributed by atoms with van der Waals surface area (Å²) in [6, 6.07) is 15.6. The maximum Gasteiger partial charge on any atom is 0.231 e. The zero-order valence-corrected chi connectivity index (χ0v) is 15.2. The van der Waals surface area contributed by atoms with Crippen LogP contribution in [-0.4, -0.2) is 44.4 Å². The van der Waals surface area contributed by atoms with Crippen molar-refractivity contribution in [2.45, 2.75) is 6.17 Å². The first-order valence-corrected chi connectivity index (χ1v) is 8.80. The molecule has 0 aliphatic carbocycles. The second kappa shape index (κ2) is 7.91. The number of aromatic nitrogens is 2. The van der Waals surface area contributed by atoms with Crippen molar-refractivity contribution in [2.24, 2.45) is 15.8 Å². The summed E-state index contributed by atoms with van der Waals surface area (Å²) in [5, 5.41) is 1.17. The molecule has 3 heterocycles. The van der Waals surface area contributed by atoms with Crippen molar-refractivity contribution < 1.29 is 9.59 Å². The lowest BCUT2D eigenvalue weighted by molar-refractivity contribution is 0.0891. The van der Waals surface area contributed by atoms with E-state index in [0.29, 0.717) is 16.7 Å². The number of Topliss-reactive ketones (excluding diaryl/α,β-unsaturated/α-hetero) is 2. The molecule has 0 bridgehead atoms. The minimum absolute atomic E-state index is 0.110. The van der Waals surface area contributed by atoms with Crippen LogP contribution >= 0.6 is 0 Å². The molecule has 2 aromatic heterocycles. The topological polar surface area (TPSA) is 114 Å². The number of hydrazine groups is 1. The first-order chi connectivity index (χ1) is 14.1. The van der Waals surface area contributed by atoms with Gasteiger partial charge in [-0.1, -0.05) is 30.3 Å². The second-order valence-electron chi connectivity index (χ2n) is 6.21. The van der Waals surface area contributed by atoms with Crippen LogP contribution in [0, 0.1) is 0 Å². The fraction of sp³-hybridized carbons (Fsp3) is 0.0476. The first kappa shape index (κ1) is 18.3. The molecule has 0 saturated carbocycles. The number of nitrogens with zero attached hydrogens (tertiary/aromatic N) is 5. The van der Waals surface area contributed by atoms with E-state index in [0.717, 1.165) is 0 Å². The van der Waals surface area contributed by atoms with Crippen LogP contribution in [-0.2, 0) is 0 Å². The molecule has 0 saturated heterocycles. The number of carbonyl (C=O) groups is 2. The molecule has 1 aliphatic rings. The number of carbonyl (C=O) groups excluding carboxylic acids is 2. The molecule has 1 atom stereocenters. The average Bonchev–Trinajstić information content (AvgIpc) is 2.80. The lowest BCUT2D eigenvalue weighted by Gasteiger charge is -2.30. The number of hydrogen-bond donors (Lipinski definition) is 1. The summed E-state index contributed by atoms with van der Waals surface area (Å²) in [4.78, 5) is 42.5. The van der Waals surface area contributed by atoms with E-state index in [2.05, 4.69) is 20.0 Å². The average molecular weight is 384 g/mol. The highest BCUT2D eigenvalue weighted by Crippen LogP contribution is 2.18. The summed E-state index contributed by atoms with van der Waals surface area (Å²) in [5.74, 6) is 5.56. The number of nitrogens with two attached hydrogens (primary N) is 1. The largest absolute Gasteiger partial charge is 0.289 e. The second-order valence-corrected chi connectivity index (χ2v) is 6.21. The number of rotatable bonds is 5. The van der Waals surface area contributed by atoms with Gasteiger partial charge in [0.2, 0.25) is 23.6 Å². The standard InChI is InChI=1S/C21H16N6O2/c22-27-20(14-6-2-1-3-7-14)25-19(17(28)15-8-4-10-23-12-15)26-21(27)18(29)16-9-5-11-24-13-16/h1-13,21H,22H2. The Morgan fingerprint density at radius 2 is 1.52 bits per heavy atom. The number of benzene rings is 1. The van der Waals surface area contributed by atoms with Gasteiger partial charge in [0.25, 0.3) is 0 Å². The summed E-state index contributed by atoms with van der Waals surface area (Å²) >= 11 is 0. The normalized spacial score (nSPS) is 16.0. The highest BCUT2D eigenvalue weighted by Gasteiger charge is 2.33. The highest BCUT2D eigenvalue weighted by atomic mass is 16.1. The Hall–Kier alpha value is -4.04. The Kier molecular flexibility index (Phi) is 5.00. The molecule has 4 rings (SSSR count). The predicted molar refractivity (Wildman–Crippen MR) is 107 cm³/mol. The Labute approximate surface area is 166 Å². The van der Waals surface area contributed by atoms with Crippen molar-refractivity contribution >= 4 is 23.2 Å². The quantitative estimate of drug-likeness (QED) is 0.531. The molecule has 1 aromatic carbocycles. The van der Waals surface area contributed by atoms with Crippen molar-refractivity contribution in [1.29, 1.82) is 0 Å². The summed E-state index contributed by atoms with van der Waals surface area (Å²) in [6.45, 7) is 0. The SMILES string of the molecule is NN1C(c2ccccc2)=NC(C(=O)c2cccnc2)=NC1C(=O)c1cccnc1. The molecule has 0 amide bonds. The maximum absolute atomic E-state index is 13.0. The van der Waals surface area contributed by atoms with E-state index in [1.807, 2.05) is 18.2 Å². The Bertz CT molecular complexity index is 1100. The van der Waals surface area contributed by atoms with Gasteiger partial charge in [-0.05, 0) is 24.3 Å². The van der Waals surface area contributed by atoms with Gasteiger partial charge in [0.15, 0.2) is 5.84 Å². The summed E-state index contributed by atoms with van der Waals surface area (Å²) in [5.41, 5.74) is 1.31. The molecule has 8 nitrogen and oxygen atoms in total. The third kappa shape index (κ3) is 3.69. The summed E-state index contributed by atoms with van der Waals surface area (Å²) in [6.07, 6.45) is 4.84. The van der Waals surface area contributed by atoms with E-state index in [4.69, 9.17) is 5.84 Å². The third-order valence-corrected chi connectivity index (χ3v) is 4.30. The van der Waals surface area contributed by atoms with Crippen molar-refractivity contribution in [2.75, 3.05) is 0 Å². The van der Waals surface area contributed by atoms with Crippen LogP contribution in [0.3, 0.4) is 0 Å². The van der Waals surface area contributed by atoms with E-state index in [9.17, 15) is 9.59 Å². The van der Waals surface area contributed by atoms with Crippen molar-refractivity contribution in [3.05, 3.63) is 96.1 Å². The molecule has 29 heavy (non-hydrogen) atoms. The zero-order valence-electron chi connectivity index (χ0n) is 15.2. The molecule has 2 N–H and O–H groups in total. The lowest BCUT2D eigenvalue weighted by atomic mass is 10.1. The Morgan fingerprint density at radius 1 is 0.862 bits per heavy atom. The smallest absolute Gasteiger partial charge is 0.231 e. The van der Waals surface area contributed by atoms with Crippen molar-refractivity contribution in [3.8, 4) is 0 Å². The van der Waals surface area contributed by atoms with E-state index < -0.39 is 11.9 Å². The molecule has 3 aromatic rings. The molecule has 1 unspecified atom stereocenters. The number of pyridine rings is 2. The summed E-state index contributed by atoms with van der Waals surface area (Å²) in [7, 11) is 0. The van der Waals surface area contributed by atoms with Gasteiger partial charge >= 0.3 is 0 Å². The fourth-order valence-electron chi connectivity index (χ4n) is 2.86. The minimum atomic E-state index is -1.15. The third-order valence-electron chi connectivity index (χ3n) is 4.30. The van der Waals surface area contributed by atoms with Gasteiger partial charge in [-0.25, -0.2) is 15.8 Å². The van der Waals surface area contributed by atoms with E-state index >= 15 is 0 Å². The monoisotopic (exact) mass is 384 g/mol. The van der Waals surface area contributed by atoms with E-state index in [1.165, 1.54) is 17.4 Å². The molecule has 8 heteroatoms. The van der Waals surface area contributed by atoms with Gasteiger partial charge < -0.3 is 0 Å². The Balaban J connectivity index is 1.79. The van der Waals surface area contributed by atoms with Gasteiger partial charge in [-0.2, -0.15) is 0 Å². The van der Waals surface area contributed by atoms with Gasteiger partial charge in [0.05, 0.1) is 0 Å². The van der Waals surface area contributed by atoms with E-state index in [-0.39, 0.29) is 17.5 Å². The molecule has 0 radical (unpaired) electrons. The summed E-state index contributed by atoms with van der Waals surface area (Å²) < 4.78 is 0. The first-order valence-electron chi connectivity index (χ1n) is 8.80. The fourth-order valence-corrected chi connectivity index (χ4v) is 2.86.